The van der Waals surface area contributed by atoms with Crippen molar-refractivity contribution in [1.82, 2.24) is 10.2 Å². The van der Waals surface area contributed by atoms with E-state index >= 15 is 0 Å². The fourth-order valence-electron chi connectivity index (χ4n) is 2.08. The van der Waals surface area contributed by atoms with Gasteiger partial charge in [-0.2, -0.15) is 0 Å². The summed E-state index contributed by atoms with van der Waals surface area (Å²) in [4.78, 5) is 14.1. The second-order valence-electron chi connectivity index (χ2n) is 4.55. The van der Waals surface area contributed by atoms with E-state index in [0.29, 0.717) is 6.04 Å². The van der Waals surface area contributed by atoms with E-state index in [2.05, 4.69) is 24.1 Å². The number of hydrogen-bond donors (Lipinski definition) is 1. The zero-order valence-corrected chi connectivity index (χ0v) is 10.3. The first-order chi connectivity index (χ1) is 7.16. The quantitative estimate of drug-likeness (QED) is 0.720. The van der Waals surface area contributed by atoms with Crippen LogP contribution < -0.4 is 5.32 Å². The minimum Gasteiger partial charge on any atom is -0.339 e. The van der Waals surface area contributed by atoms with E-state index in [9.17, 15) is 4.79 Å². The van der Waals surface area contributed by atoms with Crippen LogP contribution in [0.5, 0.6) is 0 Å². The average Bonchev–Trinajstić information content (AvgIpc) is 2.32. The highest BCUT2D eigenvalue weighted by molar-refractivity contribution is 5.82. The Hall–Kier alpha value is -0.570. The van der Waals surface area contributed by atoms with Gasteiger partial charge in [0.15, 0.2) is 0 Å². The third-order valence-electron chi connectivity index (χ3n) is 3.20. The lowest BCUT2D eigenvalue weighted by Gasteiger charge is -2.28. The van der Waals surface area contributed by atoms with E-state index in [-0.39, 0.29) is 11.9 Å². The smallest absolute Gasteiger partial charge is 0.239 e. The zero-order valence-electron chi connectivity index (χ0n) is 10.3. The van der Waals surface area contributed by atoms with Crippen molar-refractivity contribution < 1.29 is 4.79 Å². The number of carbonyl (C=O) groups excluding carboxylic acids is 1. The van der Waals surface area contributed by atoms with Crippen molar-refractivity contribution in [2.24, 2.45) is 0 Å². The van der Waals surface area contributed by atoms with Crippen LogP contribution in [0.25, 0.3) is 0 Å². The Morgan fingerprint density at radius 1 is 1.40 bits per heavy atom. The number of hydrogen-bond acceptors (Lipinski definition) is 2. The van der Waals surface area contributed by atoms with Gasteiger partial charge in [0.05, 0.1) is 6.04 Å². The SMILES string of the molecule is CCCCCN1C(=O)C(C)NCCC1C. The number of amides is 1. The molecule has 1 rings (SSSR count). The van der Waals surface area contributed by atoms with Crippen LogP contribution in [0.1, 0.15) is 46.5 Å². The summed E-state index contributed by atoms with van der Waals surface area (Å²) in [6, 6.07) is 0.392. The Balaban J connectivity index is 2.51. The van der Waals surface area contributed by atoms with Crippen molar-refractivity contribution in [3.05, 3.63) is 0 Å². The molecule has 2 unspecified atom stereocenters. The monoisotopic (exact) mass is 212 g/mol. The highest BCUT2D eigenvalue weighted by Gasteiger charge is 2.26. The van der Waals surface area contributed by atoms with Gasteiger partial charge in [-0.1, -0.05) is 19.8 Å². The lowest BCUT2D eigenvalue weighted by atomic mass is 10.1. The predicted octanol–water partition coefficient (Wildman–Crippen LogP) is 1.78. The van der Waals surface area contributed by atoms with Crippen LogP contribution in [-0.2, 0) is 4.79 Å². The summed E-state index contributed by atoms with van der Waals surface area (Å²) >= 11 is 0. The molecule has 0 radical (unpaired) electrons. The normalized spacial score (nSPS) is 27.9. The molecule has 1 amide bonds. The van der Waals surface area contributed by atoms with Crippen LogP contribution in [-0.4, -0.2) is 36.0 Å². The first-order valence-corrected chi connectivity index (χ1v) is 6.20. The Kier molecular flexibility index (Phi) is 5.09. The molecule has 0 spiro atoms. The molecule has 1 saturated heterocycles. The van der Waals surface area contributed by atoms with Crippen LogP contribution in [0.2, 0.25) is 0 Å². The van der Waals surface area contributed by atoms with Crippen LogP contribution >= 0.6 is 0 Å². The van der Waals surface area contributed by atoms with Gasteiger partial charge < -0.3 is 10.2 Å². The summed E-state index contributed by atoms with van der Waals surface area (Å²) < 4.78 is 0. The van der Waals surface area contributed by atoms with Gasteiger partial charge in [0.2, 0.25) is 5.91 Å². The fourth-order valence-corrected chi connectivity index (χ4v) is 2.08. The molecule has 3 heteroatoms. The average molecular weight is 212 g/mol. The molecule has 0 aromatic rings. The molecule has 0 saturated carbocycles. The first kappa shape index (κ1) is 12.5. The molecule has 2 atom stereocenters. The van der Waals surface area contributed by atoms with Crippen molar-refractivity contribution >= 4 is 5.91 Å². The second-order valence-corrected chi connectivity index (χ2v) is 4.55. The Bertz CT molecular complexity index is 206. The van der Waals surface area contributed by atoms with Crippen molar-refractivity contribution in [2.45, 2.75) is 58.5 Å². The molecule has 1 N–H and O–H groups in total. The van der Waals surface area contributed by atoms with Crippen LogP contribution in [0, 0.1) is 0 Å². The third-order valence-corrected chi connectivity index (χ3v) is 3.20. The highest BCUT2D eigenvalue weighted by atomic mass is 16.2. The minimum absolute atomic E-state index is 0.00317. The number of carbonyl (C=O) groups is 1. The van der Waals surface area contributed by atoms with Gasteiger partial charge in [0, 0.05) is 12.6 Å². The van der Waals surface area contributed by atoms with E-state index in [1.165, 1.54) is 12.8 Å². The molecule has 88 valence electrons. The molecular formula is C12H24N2O. The van der Waals surface area contributed by atoms with Gasteiger partial charge >= 0.3 is 0 Å². The molecule has 1 aliphatic rings. The standard InChI is InChI=1S/C12H24N2O/c1-4-5-6-9-14-10(2)7-8-13-11(3)12(14)15/h10-11,13H,4-9H2,1-3H3. The predicted molar refractivity (Wildman–Crippen MR) is 62.8 cm³/mol. The van der Waals surface area contributed by atoms with Crippen molar-refractivity contribution in [2.75, 3.05) is 13.1 Å². The summed E-state index contributed by atoms with van der Waals surface area (Å²) in [7, 11) is 0. The number of nitrogens with zero attached hydrogens (tertiary/aromatic N) is 1. The van der Waals surface area contributed by atoms with Gasteiger partial charge in [-0.15, -0.1) is 0 Å². The molecule has 0 aliphatic carbocycles. The van der Waals surface area contributed by atoms with Gasteiger partial charge in [-0.25, -0.2) is 0 Å². The molecule has 1 aliphatic heterocycles. The summed E-state index contributed by atoms with van der Waals surface area (Å²) in [6.07, 6.45) is 4.64. The second kappa shape index (κ2) is 6.11. The number of rotatable bonds is 4. The molecule has 0 bridgehead atoms. The Morgan fingerprint density at radius 2 is 2.13 bits per heavy atom. The largest absolute Gasteiger partial charge is 0.339 e. The van der Waals surface area contributed by atoms with Gasteiger partial charge in [0.25, 0.3) is 0 Å². The molecular weight excluding hydrogens is 188 g/mol. The number of nitrogens with one attached hydrogen (secondary N) is 1. The summed E-state index contributed by atoms with van der Waals surface area (Å²) in [5.41, 5.74) is 0. The van der Waals surface area contributed by atoms with Gasteiger partial charge in [-0.05, 0) is 33.2 Å². The van der Waals surface area contributed by atoms with Crippen molar-refractivity contribution in [3.8, 4) is 0 Å². The van der Waals surface area contributed by atoms with Crippen LogP contribution in [0.3, 0.4) is 0 Å². The summed E-state index contributed by atoms with van der Waals surface area (Å²) in [5, 5.41) is 3.25. The minimum atomic E-state index is -0.00317. The Labute approximate surface area is 93.2 Å². The van der Waals surface area contributed by atoms with E-state index in [4.69, 9.17) is 0 Å². The van der Waals surface area contributed by atoms with Crippen molar-refractivity contribution in [3.63, 3.8) is 0 Å². The zero-order chi connectivity index (χ0) is 11.3. The lowest BCUT2D eigenvalue weighted by molar-refractivity contribution is -0.134. The fraction of sp³-hybridized carbons (Fsp3) is 0.917. The molecule has 15 heavy (non-hydrogen) atoms. The van der Waals surface area contributed by atoms with Crippen LogP contribution in [0.4, 0.5) is 0 Å². The summed E-state index contributed by atoms with van der Waals surface area (Å²) in [6.45, 7) is 8.20. The Morgan fingerprint density at radius 3 is 2.80 bits per heavy atom. The molecule has 0 aromatic heterocycles. The van der Waals surface area contributed by atoms with E-state index in [1.54, 1.807) is 0 Å². The molecule has 3 nitrogen and oxygen atoms in total. The van der Waals surface area contributed by atoms with E-state index in [1.807, 2.05) is 6.92 Å². The highest BCUT2D eigenvalue weighted by Crippen LogP contribution is 2.11. The number of unbranched alkanes of at least 4 members (excludes halogenated alkanes) is 2. The first-order valence-electron chi connectivity index (χ1n) is 6.20. The van der Waals surface area contributed by atoms with Crippen molar-refractivity contribution in [1.29, 1.82) is 0 Å². The maximum Gasteiger partial charge on any atom is 0.239 e. The topological polar surface area (TPSA) is 32.3 Å². The van der Waals surface area contributed by atoms with Gasteiger partial charge in [0.1, 0.15) is 0 Å². The lowest BCUT2D eigenvalue weighted by Crippen LogP contribution is -2.44. The maximum absolute atomic E-state index is 12.0. The summed E-state index contributed by atoms with van der Waals surface area (Å²) in [5.74, 6) is 0.274. The van der Waals surface area contributed by atoms with E-state index < -0.39 is 0 Å². The van der Waals surface area contributed by atoms with Gasteiger partial charge in [-0.3, -0.25) is 4.79 Å². The van der Waals surface area contributed by atoms with E-state index in [0.717, 1.165) is 25.9 Å². The van der Waals surface area contributed by atoms with Crippen LogP contribution in [0.15, 0.2) is 0 Å². The molecule has 0 aromatic carbocycles. The maximum atomic E-state index is 12.0. The third kappa shape index (κ3) is 3.49. The molecule has 1 fully saturated rings. The molecule has 1 heterocycles.